The van der Waals surface area contributed by atoms with Gasteiger partial charge in [-0.1, -0.05) is 11.6 Å². The highest BCUT2D eigenvalue weighted by atomic mass is 35.5. The highest BCUT2D eigenvalue weighted by molar-refractivity contribution is 6.31. The van der Waals surface area contributed by atoms with Gasteiger partial charge < -0.3 is 16.2 Å². The van der Waals surface area contributed by atoms with E-state index in [4.69, 9.17) is 23.2 Å². The van der Waals surface area contributed by atoms with E-state index < -0.39 is 35.0 Å². The van der Waals surface area contributed by atoms with Crippen LogP contribution >= 0.6 is 11.6 Å². The maximum atomic E-state index is 15.0. The van der Waals surface area contributed by atoms with Crippen molar-refractivity contribution in [3.8, 4) is 11.1 Å². The molecular formula is C22H24ClF3N6O2. The molecule has 0 radical (unpaired) electrons. The molecule has 182 valence electrons. The molecule has 0 saturated heterocycles. The summed E-state index contributed by atoms with van der Waals surface area (Å²) in [6.07, 6.45) is 2.08. The van der Waals surface area contributed by atoms with Gasteiger partial charge in [-0.2, -0.15) is 0 Å². The molecule has 1 aliphatic rings. The molecule has 12 heteroatoms. The van der Waals surface area contributed by atoms with Crippen molar-refractivity contribution in [1.29, 1.82) is 0 Å². The largest absolute Gasteiger partial charge is 0.382 e. The molecule has 1 aromatic heterocycles. The van der Waals surface area contributed by atoms with Crippen LogP contribution in [0.15, 0.2) is 41.4 Å². The number of allylic oxidation sites excluding steroid dienone is 1. The number of aliphatic hydroxyl groups is 1. The maximum Gasteiger partial charge on any atom is 0.252 e. The van der Waals surface area contributed by atoms with Crippen LogP contribution in [0.4, 0.5) is 13.2 Å². The number of nitrogens with one attached hydrogen (secondary N) is 1. The van der Waals surface area contributed by atoms with Gasteiger partial charge in [0.2, 0.25) is 0 Å². The number of carbonyl (C=O) groups is 1. The number of carbonyl (C=O) groups excluding carboxylic acids is 1. The Morgan fingerprint density at radius 2 is 2.03 bits per heavy atom. The van der Waals surface area contributed by atoms with E-state index in [2.05, 4.69) is 15.4 Å². The number of amidine groups is 1. The van der Waals surface area contributed by atoms with Gasteiger partial charge in [0, 0.05) is 36.7 Å². The Morgan fingerprint density at radius 1 is 1.32 bits per heavy atom. The molecule has 3 rings (SSSR count). The van der Waals surface area contributed by atoms with Crippen molar-refractivity contribution in [2.75, 3.05) is 7.05 Å². The van der Waals surface area contributed by atoms with Crippen molar-refractivity contribution in [3.05, 3.63) is 64.2 Å². The van der Waals surface area contributed by atoms with Gasteiger partial charge >= 0.3 is 0 Å². The highest BCUT2D eigenvalue weighted by Crippen LogP contribution is 2.32. The number of amides is 1. The van der Waals surface area contributed by atoms with E-state index in [1.54, 1.807) is 0 Å². The number of benzene rings is 1. The molecular weight excluding hydrogens is 473 g/mol. The lowest BCUT2D eigenvalue weighted by atomic mass is 9.87. The summed E-state index contributed by atoms with van der Waals surface area (Å²) >= 11 is 5.99. The van der Waals surface area contributed by atoms with Crippen molar-refractivity contribution >= 4 is 23.3 Å². The summed E-state index contributed by atoms with van der Waals surface area (Å²) in [6, 6.07) is 2.58. The van der Waals surface area contributed by atoms with Gasteiger partial charge in [-0.3, -0.25) is 9.78 Å². The van der Waals surface area contributed by atoms with Crippen LogP contribution in [0.1, 0.15) is 43.5 Å². The number of nitrogens with two attached hydrogens (primary N) is 2. The van der Waals surface area contributed by atoms with Crippen LogP contribution in [0.3, 0.4) is 0 Å². The fourth-order valence-corrected chi connectivity index (χ4v) is 3.82. The number of hydrazine groups is 1. The predicted molar refractivity (Wildman–Crippen MR) is 122 cm³/mol. The standard InChI is InChI=1S/C22H24ClF3N6O2/c1-11(30-21(33)22(34)5-3-14(24)4-6-22)19-17(26)7-12(10-29-19)15-8-13(23)9-16(25)18(15)20(27)31-32(2)28/h3,7-11,34H,4-6,28H2,1-2H3,(H2,27,31)(H,30,33)/t11-,22?/m1/s1. The number of nitrogens with zero attached hydrogens (tertiary/aromatic N) is 3. The van der Waals surface area contributed by atoms with Crippen molar-refractivity contribution in [3.63, 3.8) is 0 Å². The molecule has 2 aromatic rings. The zero-order valence-corrected chi connectivity index (χ0v) is 19.2. The summed E-state index contributed by atoms with van der Waals surface area (Å²) in [7, 11) is 1.39. The molecule has 1 amide bonds. The lowest BCUT2D eigenvalue weighted by Gasteiger charge is -2.29. The van der Waals surface area contributed by atoms with Crippen molar-refractivity contribution in [1.82, 2.24) is 15.4 Å². The van der Waals surface area contributed by atoms with E-state index >= 15 is 4.39 Å². The number of hydrazone groups is 1. The molecule has 1 aliphatic carbocycles. The third kappa shape index (κ3) is 5.49. The number of halogens is 4. The second-order valence-corrected chi connectivity index (χ2v) is 8.48. The Balaban J connectivity index is 1.91. The first kappa shape index (κ1) is 25.5. The Hall–Kier alpha value is -3.15. The van der Waals surface area contributed by atoms with Gasteiger partial charge in [-0.05, 0) is 43.2 Å². The highest BCUT2D eigenvalue weighted by Gasteiger charge is 2.38. The van der Waals surface area contributed by atoms with Crippen molar-refractivity contribution in [2.24, 2.45) is 16.7 Å². The Morgan fingerprint density at radius 3 is 2.62 bits per heavy atom. The number of pyridine rings is 1. The fraction of sp³-hybridized carbons (Fsp3) is 0.318. The van der Waals surface area contributed by atoms with Gasteiger partial charge in [0.1, 0.15) is 17.2 Å². The van der Waals surface area contributed by atoms with Crippen molar-refractivity contribution in [2.45, 2.75) is 37.8 Å². The molecule has 0 bridgehead atoms. The third-order valence-corrected chi connectivity index (χ3v) is 5.59. The number of hydrogen-bond acceptors (Lipinski definition) is 6. The Labute approximate surface area is 199 Å². The normalized spacial score (nSPS) is 19.4. The van der Waals surface area contributed by atoms with Crippen LogP contribution in [0.5, 0.6) is 0 Å². The smallest absolute Gasteiger partial charge is 0.252 e. The summed E-state index contributed by atoms with van der Waals surface area (Å²) in [6.45, 7) is 1.48. The van der Waals surface area contributed by atoms with Crippen LogP contribution in [0.2, 0.25) is 5.02 Å². The van der Waals surface area contributed by atoms with E-state index in [9.17, 15) is 18.7 Å². The summed E-state index contributed by atoms with van der Waals surface area (Å²) in [5.74, 6) is 2.45. The van der Waals surface area contributed by atoms with E-state index in [0.717, 1.165) is 23.3 Å². The van der Waals surface area contributed by atoms with Crippen LogP contribution in [-0.2, 0) is 4.79 Å². The van der Waals surface area contributed by atoms with Crippen molar-refractivity contribution < 1.29 is 23.1 Å². The van der Waals surface area contributed by atoms with Crippen LogP contribution < -0.4 is 16.9 Å². The summed E-state index contributed by atoms with van der Waals surface area (Å²) in [4.78, 5) is 16.6. The maximum absolute atomic E-state index is 15.0. The summed E-state index contributed by atoms with van der Waals surface area (Å²) in [5.41, 5.74) is 4.11. The Kier molecular flexibility index (Phi) is 7.49. The molecule has 0 spiro atoms. The molecule has 1 aromatic carbocycles. The molecule has 0 aliphatic heterocycles. The molecule has 2 atom stereocenters. The summed E-state index contributed by atoms with van der Waals surface area (Å²) in [5, 5.41) is 17.7. The predicted octanol–water partition coefficient (Wildman–Crippen LogP) is 3.05. The van der Waals surface area contributed by atoms with Gasteiger partial charge in [-0.15, -0.1) is 5.10 Å². The zero-order chi connectivity index (χ0) is 25.2. The lowest BCUT2D eigenvalue weighted by molar-refractivity contribution is -0.141. The average Bonchev–Trinajstić information content (AvgIpc) is 2.74. The third-order valence-electron chi connectivity index (χ3n) is 5.38. The minimum absolute atomic E-state index is 0.0430. The number of hydrogen-bond donors (Lipinski definition) is 4. The van der Waals surface area contributed by atoms with Gasteiger partial charge in [0.05, 0.1) is 23.1 Å². The number of aromatic nitrogens is 1. The van der Waals surface area contributed by atoms with Crippen LogP contribution in [0.25, 0.3) is 11.1 Å². The van der Waals surface area contributed by atoms with Gasteiger partial charge in [-0.25, -0.2) is 24.1 Å². The molecule has 1 unspecified atom stereocenters. The van der Waals surface area contributed by atoms with Gasteiger partial charge in [0.25, 0.3) is 5.91 Å². The van der Waals surface area contributed by atoms with E-state index in [1.807, 2.05) is 0 Å². The lowest BCUT2D eigenvalue weighted by Crippen LogP contribution is -2.48. The Bertz CT molecular complexity index is 1170. The van der Waals surface area contributed by atoms with E-state index in [-0.39, 0.29) is 52.5 Å². The SMILES string of the molecule is C[C@@H](NC(=O)C1(O)CC=C(F)CC1)c1ncc(-c2cc(Cl)cc(F)c2/C(N)=N/N(C)N)cc1F. The second kappa shape index (κ2) is 10.00. The molecule has 34 heavy (non-hydrogen) atoms. The van der Waals surface area contributed by atoms with E-state index in [0.29, 0.717) is 0 Å². The quantitative estimate of drug-likeness (QED) is 0.210. The van der Waals surface area contributed by atoms with E-state index in [1.165, 1.54) is 26.2 Å². The molecule has 6 N–H and O–H groups in total. The average molecular weight is 497 g/mol. The van der Waals surface area contributed by atoms with Crippen LogP contribution in [-0.4, -0.2) is 39.6 Å². The minimum atomic E-state index is -1.79. The molecule has 8 nitrogen and oxygen atoms in total. The first-order chi connectivity index (χ1) is 15.9. The van der Waals surface area contributed by atoms with Crippen LogP contribution in [0, 0.1) is 11.6 Å². The zero-order valence-electron chi connectivity index (χ0n) is 18.4. The van der Waals surface area contributed by atoms with Gasteiger partial charge in [0.15, 0.2) is 5.84 Å². The molecule has 1 heterocycles. The fourth-order valence-electron chi connectivity index (χ4n) is 3.61. The molecule has 0 saturated carbocycles. The minimum Gasteiger partial charge on any atom is -0.382 e. The first-order valence-electron chi connectivity index (χ1n) is 10.3. The second-order valence-electron chi connectivity index (χ2n) is 8.04. The molecule has 0 fully saturated rings. The summed E-state index contributed by atoms with van der Waals surface area (Å²) < 4.78 is 42.9. The first-order valence-corrected chi connectivity index (χ1v) is 10.6. The topological polar surface area (TPSA) is 130 Å². The monoisotopic (exact) mass is 496 g/mol. The number of rotatable bonds is 6.